The first kappa shape index (κ1) is 24.3. The average Bonchev–Trinajstić information content (AvgIpc) is 2.82. The van der Waals surface area contributed by atoms with E-state index in [2.05, 4.69) is 5.32 Å². The second kappa shape index (κ2) is 9.80. The van der Waals surface area contributed by atoms with Gasteiger partial charge in [0.25, 0.3) is 0 Å². The number of hydrogen-bond acceptors (Lipinski definition) is 6. The lowest BCUT2D eigenvalue weighted by Crippen LogP contribution is -2.53. The summed E-state index contributed by atoms with van der Waals surface area (Å²) >= 11 is 0. The Morgan fingerprint density at radius 1 is 1.18 bits per heavy atom. The van der Waals surface area contributed by atoms with Crippen LogP contribution in [0.4, 0.5) is 4.39 Å². The third-order valence-corrected chi connectivity index (χ3v) is 10.1. The number of hydrogen-bond donors (Lipinski definition) is 3. The molecular weight excluding hydrogens is 445 g/mol. The smallest absolute Gasteiger partial charge is 0.163 e. The van der Waals surface area contributed by atoms with Crippen molar-refractivity contribution in [1.29, 1.82) is 0 Å². The van der Waals surface area contributed by atoms with E-state index in [0.29, 0.717) is 43.7 Å². The molecule has 2 aliphatic rings. The minimum absolute atomic E-state index is 0.0601. The highest BCUT2D eigenvalue weighted by Crippen LogP contribution is 2.39. The molecule has 1 unspecified atom stereocenters. The molecule has 2 fully saturated rings. The van der Waals surface area contributed by atoms with Crippen molar-refractivity contribution in [1.82, 2.24) is 5.32 Å². The largest absolute Gasteiger partial charge is 0.394 e. The second-order valence-corrected chi connectivity index (χ2v) is 11.6. The van der Waals surface area contributed by atoms with Crippen LogP contribution in [0.3, 0.4) is 0 Å². The van der Waals surface area contributed by atoms with Crippen LogP contribution in [0.15, 0.2) is 48.5 Å². The average molecular weight is 478 g/mol. The van der Waals surface area contributed by atoms with Crippen LogP contribution in [0.2, 0.25) is 0 Å². The summed E-state index contributed by atoms with van der Waals surface area (Å²) in [5, 5.41) is 22.0. The molecule has 3 N–H and O–H groups in total. The van der Waals surface area contributed by atoms with Gasteiger partial charge in [0.2, 0.25) is 0 Å². The lowest BCUT2D eigenvalue weighted by atomic mass is 9.70. The molecule has 2 saturated heterocycles. The summed E-state index contributed by atoms with van der Waals surface area (Å²) in [4.78, 5) is 0. The summed E-state index contributed by atoms with van der Waals surface area (Å²) in [6.07, 6.45) is -0.0137. The molecule has 180 valence electrons. The quantitative estimate of drug-likeness (QED) is 0.591. The van der Waals surface area contributed by atoms with Crippen LogP contribution < -0.4 is 5.32 Å². The summed E-state index contributed by atoms with van der Waals surface area (Å²) in [5.41, 5.74) is 0.886. The number of benzene rings is 2. The van der Waals surface area contributed by atoms with E-state index in [1.165, 1.54) is 6.07 Å². The molecular formula is C25H32FNO5S. The fraction of sp³-hybridized carbons (Fsp3) is 0.520. The lowest BCUT2D eigenvalue weighted by molar-refractivity contribution is -0.0371. The molecule has 0 aliphatic carbocycles. The Morgan fingerprint density at radius 2 is 1.88 bits per heavy atom. The van der Waals surface area contributed by atoms with Crippen LogP contribution in [-0.2, 0) is 26.4 Å². The number of aliphatic hydroxyl groups is 2. The maximum absolute atomic E-state index is 15.3. The molecule has 4 atom stereocenters. The van der Waals surface area contributed by atoms with Gasteiger partial charge in [-0.1, -0.05) is 42.5 Å². The molecule has 33 heavy (non-hydrogen) atoms. The van der Waals surface area contributed by atoms with Crippen LogP contribution >= 0.6 is 0 Å². The Labute approximate surface area is 194 Å². The summed E-state index contributed by atoms with van der Waals surface area (Å²) in [7, 11) is -3.56. The fourth-order valence-electron chi connectivity index (χ4n) is 5.27. The molecule has 0 spiro atoms. The number of sulfone groups is 1. The van der Waals surface area contributed by atoms with E-state index in [9.17, 15) is 18.6 Å². The van der Waals surface area contributed by atoms with E-state index in [1.807, 2.05) is 37.3 Å². The first-order chi connectivity index (χ1) is 15.8. The molecule has 6 nitrogen and oxygen atoms in total. The van der Waals surface area contributed by atoms with Crippen LogP contribution in [0.25, 0.3) is 0 Å². The molecule has 0 bridgehead atoms. The molecule has 2 aromatic carbocycles. The summed E-state index contributed by atoms with van der Waals surface area (Å²) < 4.78 is 47.7. The molecule has 2 heterocycles. The normalized spacial score (nSPS) is 27.7. The topological polar surface area (TPSA) is 95.9 Å². The van der Waals surface area contributed by atoms with Crippen molar-refractivity contribution >= 4 is 9.84 Å². The van der Waals surface area contributed by atoms with Gasteiger partial charge in [0.1, 0.15) is 5.82 Å². The van der Waals surface area contributed by atoms with Gasteiger partial charge in [0.15, 0.2) is 9.84 Å². The maximum atomic E-state index is 15.3. The predicted molar refractivity (Wildman–Crippen MR) is 124 cm³/mol. The van der Waals surface area contributed by atoms with E-state index in [4.69, 9.17) is 4.74 Å². The molecule has 0 amide bonds. The molecule has 4 rings (SSSR count). The van der Waals surface area contributed by atoms with E-state index in [0.717, 1.165) is 5.56 Å². The minimum Gasteiger partial charge on any atom is -0.394 e. The minimum atomic E-state index is -3.56. The van der Waals surface area contributed by atoms with Crippen LogP contribution in [0.1, 0.15) is 41.7 Å². The maximum Gasteiger partial charge on any atom is 0.163 e. The van der Waals surface area contributed by atoms with Crippen molar-refractivity contribution in [2.75, 3.05) is 26.4 Å². The van der Waals surface area contributed by atoms with Crippen molar-refractivity contribution in [3.8, 4) is 0 Å². The van der Waals surface area contributed by atoms with Gasteiger partial charge >= 0.3 is 0 Å². The van der Waals surface area contributed by atoms with Crippen molar-refractivity contribution in [3.63, 3.8) is 0 Å². The lowest BCUT2D eigenvalue weighted by Gasteiger charge is -2.41. The fourth-order valence-corrected chi connectivity index (χ4v) is 7.63. The first-order valence-electron chi connectivity index (χ1n) is 11.5. The van der Waals surface area contributed by atoms with Crippen molar-refractivity contribution in [3.05, 3.63) is 71.0 Å². The van der Waals surface area contributed by atoms with Gasteiger partial charge in [-0.15, -0.1) is 0 Å². The molecule has 8 heteroatoms. The van der Waals surface area contributed by atoms with E-state index < -0.39 is 44.3 Å². The summed E-state index contributed by atoms with van der Waals surface area (Å²) in [6, 6.07) is 13.6. The summed E-state index contributed by atoms with van der Waals surface area (Å²) in [6.45, 7) is 2.57. The van der Waals surface area contributed by atoms with Crippen LogP contribution in [0.5, 0.6) is 0 Å². The van der Waals surface area contributed by atoms with Crippen LogP contribution in [0, 0.1) is 5.82 Å². The molecule has 0 radical (unpaired) electrons. The van der Waals surface area contributed by atoms with Crippen molar-refractivity contribution in [2.24, 2.45) is 0 Å². The predicted octanol–water partition coefficient (Wildman–Crippen LogP) is 2.29. The van der Waals surface area contributed by atoms with Gasteiger partial charge in [-0.3, -0.25) is 0 Å². The number of ether oxygens (including phenoxy) is 1. The SMILES string of the molecule is C[C@@H]1NC[C@@H](c2ccccc2)S(=O)(=O)C1Cc1ccc(C2([C@@H](O)CO)CCOCC2)cc1F. The molecule has 0 aromatic heterocycles. The first-order valence-corrected chi connectivity index (χ1v) is 13.1. The number of nitrogens with one attached hydrogen (secondary N) is 1. The Morgan fingerprint density at radius 3 is 2.52 bits per heavy atom. The number of rotatable bonds is 6. The Balaban J connectivity index is 1.62. The zero-order valence-corrected chi connectivity index (χ0v) is 19.6. The van der Waals surface area contributed by atoms with E-state index in [1.54, 1.807) is 12.1 Å². The highest BCUT2D eigenvalue weighted by Gasteiger charge is 2.44. The second-order valence-electron chi connectivity index (χ2n) is 9.20. The van der Waals surface area contributed by atoms with E-state index in [-0.39, 0.29) is 12.5 Å². The third kappa shape index (κ3) is 4.59. The van der Waals surface area contributed by atoms with Crippen molar-refractivity contribution < 1.29 is 27.8 Å². The van der Waals surface area contributed by atoms with Gasteiger partial charge in [-0.25, -0.2) is 12.8 Å². The highest BCUT2D eigenvalue weighted by atomic mass is 32.2. The molecule has 2 aliphatic heterocycles. The summed E-state index contributed by atoms with van der Waals surface area (Å²) in [5.74, 6) is -0.493. The van der Waals surface area contributed by atoms with E-state index >= 15 is 4.39 Å². The zero-order chi connectivity index (χ0) is 23.6. The number of halogens is 1. The van der Waals surface area contributed by atoms with Gasteiger partial charge in [0, 0.05) is 31.2 Å². The Kier molecular flexibility index (Phi) is 7.21. The van der Waals surface area contributed by atoms with Gasteiger partial charge in [-0.05, 0) is 48.9 Å². The van der Waals surface area contributed by atoms with Gasteiger partial charge < -0.3 is 20.3 Å². The van der Waals surface area contributed by atoms with Crippen LogP contribution in [-0.4, -0.2) is 62.4 Å². The van der Waals surface area contributed by atoms with Gasteiger partial charge in [0.05, 0.1) is 23.2 Å². The monoisotopic (exact) mass is 477 g/mol. The third-order valence-electron chi connectivity index (χ3n) is 7.42. The highest BCUT2D eigenvalue weighted by molar-refractivity contribution is 7.92. The molecule has 0 saturated carbocycles. The Hall–Kier alpha value is -1.84. The zero-order valence-electron chi connectivity index (χ0n) is 18.8. The Bertz CT molecular complexity index is 1060. The molecule has 2 aromatic rings. The van der Waals surface area contributed by atoms with Crippen molar-refractivity contribution in [2.45, 2.75) is 54.2 Å². The standard InChI is InChI=1S/C25H32FNO5S/c1-17-22(33(30,31)23(15-27-17)18-5-3-2-4-6-18)13-19-7-8-20(14-21(19)26)25(24(29)16-28)9-11-32-12-10-25/h2-8,14,17,22-24,27-29H,9-13,15-16H2,1H3/t17-,22?,23-,24-/m0/s1. The number of aliphatic hydroxyl groups excluding tert-OH is 2. The van der Waals surface area contributed by atoms with Gasteiger partial charge in [-0.2, -0.15) is 0 Å².